The molecule has 0 aliphatic carbocycles. The lowest BCUT2D eigenvalue weighted by molar-refractivity contribution is 0.645. The molecule has 1 aromatic carbocycles. The number of nitrogens with one attached hydrogen (secondary N) is 1. The molecule has 0 amide bonds. The Morgan fingerprint density at radius 1 is 1.17 bits per heavy atom. The summed E-state index contributed by atoms with van der Waals surface area (Å²) in [6.07, 6.45) is 3.78. The summed E-state index contributed by atoms with van der Waals surface area (Å²) in [6, 6.07) is 13.4. The largest absolute Gasteiger partial charge is 0.382 e. The van der Waals surface area contributed by atoms with Crippen molar-refractivity contribution in [2.45, 2.75) is 39.2 Å². The minimum Gasteiger partial charge on any atom is -0.382 e. The summed E-state index contributed by atoms with van der Waals surface area (Å²) < 4.78 is 0. The number of anilines is 1. The molecular weight excluding hydrogens is 238 g/mol. The highest BCUT2D eigenvalue weighted by molar-refractivity contribution is 7.13. The van der Waals surface area contributed by atoms with Crippen molar-refractivity contribution >= 4 is 17.0 Å². The van der Waals surface area contributed by atoms with Gasteiger partial charge in [0.05, 0.1) is 0 Å². The molecule has 0 radical (unpaired) electrons. The van der Waals surface area contributed by atoms with Crippen LogP contribution >= 0.6 is 11.3 Å². The van der Waals surface area contributed by atoms with E-state index >= 15 is 0 Å². The van der Waals surface area contributed by atoms with Crippen LogP contribution in [-0.2, 0) is 0 Å². The summed E-state index contributed by atoms with van der Waals surface area (Å²) in [4.78, 5) is 1.33. The Morgan fingerprint density at radius 2 is 2.00 bits per heavy atom. The van der Waals surface area contributed by atoms with Gasteiger partial charge in [0.2, 0.25) is 0 Å². The van der Waals surface area contributed by atoms with E-state index in [0.717, 1.165) is 0 Å². The maximum atomic E-state index is 3.64. The molecule has 0 fully saturated rings. The van der Waals surface area contributed by atoms with Gasteiger partial charge in [0.25, 0.3) is 0 Å². The number of rotatable bonds is 6. The van der Waals surface area contributed by atoms with Crippen LogP contribution in [0.15, 0.2) is 41.8 Å². The van der Waals surface area contributed by atoms with Gasteiger partial charge in [0, 0.05) is 22.2 Å². The number of thiophene rings is 1. The van der Waals surface area contributed by atoms with Gasteiger partial charge in [-0.25, -0.2) is 0 Å². The highest BCUT2D eigenvalue weighted by atomic mass is 32.1. The van der Waals surface area contributed by atoms with E-state index in [9.17, 15) is 0 Å². The van der Waals surface area contributed by atoms with E-state index in [4.69, 9.17) is 0 Å². The van der Waals surface area contributed by atoms with Gasteiger partial charge in [-0.3, -0.25) is 0 Å². The Morgan fingerprint density at radius 3 is 2.72 bits per heavy atom. The van der Waals surface area contributed by atoms with Crippen LogP contribution < -0.4 is 5.32 Å². The fourth-order valence-electron chi connectivity index (χ4n) is 2.10. The zero-order valence-electron chi connectivity index (χ0n) is 11.1. The fourth-order valence-corrected chi connectivity index (χ4v) is 2.87. The van der Waals surface area contributed by atoms with E-state index in [1.54, 1.807) is 11.3 Å². The lowest BCUT2D eigenvalue weighted by atomic mass is 10.1. The fraction of sp³-hybridized carbons (Fsp3) is 0.375. The highest BCUT2D eigenvalue weighted by Gasteiger charge is 2.07. The van der Waals surface area contributed by atoms with Crippen molar-refractivity contribution in [3.63, 3.8) is 0 Å². The van der Waals surface area contributed by atoms with Crippen LogP contribution in [-0.4, -0.2) is 6.04 Å². The summed E-state index contributed by atoms with van der Waals surface area (Å²) in [7, 11) is 0. The molecule has 0 saturated carbocycles. The third-order valence-electron chi connectivity index (χ3n) is 3.11. The van der Waals surface area contributed by atoms with Crippen LogP contribution in [0.3, 0.4) is 0 Å². The van der Waals surface area contributed by atoms with Gasteiger partial charge < -0.3 is 5.32 Å². The molecule has 2 rings (SSSR count). The van der Waals surface area contributed by atoms with Gasteiger partial charge in [0.15, 0.2) is 0 Å². The summed E-state index contributed by atoms with van der Waals surface area (Å²) in [5.74, 6) is 0. The standard InChI is InChI=1S/C16H21NS/c1-3-4-8-13(2)17-15-10-6-5-9-14(15)16-11-7-12-18-16/h5-7,9-13,17H,3-4,8H2,1-2H3. The van der Waals surface area contributed by atoms with E-state index < -0.39 is 0 Å². The maximum absolute atomic E-state index is 3.64. The molecule has 0 saturated heterocycles. The molecule has 1 unspecified atom stereocenters. The van der Waals surface area contributed by atoms with Gasteiger partial charge in [-0.05, 0) is 30.9 Å². The molecule has 0 bridgehead atoms. The first-order chi connectivity index (χ1) is 8.81. The van der Waals surface area contributed by atoms with E-state index in [1.165, 1.54) is 35.4 Å². The second-order valence-corrected chi connectivity index (χ2v) is 5.66. The van der Waals surface area contributed by atoms with Crippen molar-refractivity contribution in [1.82, 2.24) is 0 Å². The number of benzene rings is 1. The lowest BCUT2D eigenvalue weighted by Crippen LogP contribution is -2.15. The number of hydrogen-bond acceptors (Lipinski definition) is 2. The van der Waals surface area contributed by atoms with Crippen molar-refractivity contribution in [3.05, 3.63) is 41.8 Å². The molecule has 0 aliphatic heterocycles. The van der Waals surface area contributed by atoms with E-state index in [1.807, 2.05) is 0 Å². The zero-order chi connectivity index (χ0) is 12.8. The Kier molecular flexibility index (Phi) is 4.82. The quantitative estimate of drug-likeness (QED) is 0.731. The Bertz CT molecular complexity index is 462. The van der Waals surface area contributed by atoms with Crippen LogP contribution in [0.5, 0.6) is 0 Å². The molecule has 18 heavy (non-hydrogen) atoms. The molecule has 96 valence electrons. The van der Waals surface area contributed by atoms with Crippen LogP contribution in [0.2, 0.25) is 0 Å². The number of unbranched alkanes of at least 4 members (excludes halogenated alkanes) is 1. The summed E-state index contributed by atoms with van der Waals surface area (Å²) in [5, 5.41) is 5.77. The predicted octanol–water partition coefficient (Wildman–Crippen LogP) is 5.41. The number of hydrogen-bond donors (Lipinski definition) is 1. The molecule has 1 nitrogen and oxygen atoms in total. The average molecular weight is 259 g/mol. The monoisotopic (exact) mass is 259 g/mol. The summed E-state index contributed by atoms with van der Waals surface area (Å²) >= 11 is 1.80. The molecule has 1 heterocycles. The Labute approximate surface area is 114 Å². The van der Waals surface area contributed by atoms with Crippen molar-refractivity contribution in [3.8, 4) is 10.4 Å². The van der Waals surface area contributed by atoms with Crippen LogP contribution in [0, 0.1) is 0 Å². The second-order valence-electron chi connectivity index (χ2n) is 4.71. The average Bonchev–Trinajstić information content (AvgIpc) is 2.91. The van der Waals surface area contributed by atoms with Crippen molar-refractivity contribution in [2.24, 2.45) is 0 Å². The van der Waals surface area contributed by atoms with Crippen LogP contribution in [0.25, 0.3) is 10.4 Å². The van der Waals surface area contributed by atoms with Gasteiger partial charge in [-0.1, -0.05) is 44.0 Å². The Hall–Kier alpha value is -1.28. The SMILES string of the molecule is CCCCC(C)Nc1ccccc1-c1cccs1. The maximum Gasteiger partial charge on any atom is 0.0430 e. The van der Waals surface area contributed by atoms with Crippen LogP contribution in [0.4, 0.5) is 5.69 Å². The molecule has 0 spiro atoms. The zero-order valence-corrected chi connectivity index (χ0v) is 12.0. The minimum atomic E-state index is 0.533. The second kappa shape index (κ2) is 6.60. The first-order valence-corrected chi connectivity index (χ1v) is 7.58. The summed E-state index contributed by atoms with van der Waals surface area (Å²) in [5.41, 5.74) is 2.57. The molecule has 2 heteroatoms. The smallest absolute Gasteiger partial charge is 0.0430 e. The van der Waals surface area contributed by atoms with E-state index in [0.29, 0.717) is 6.04 Å². The first kappa shape index (κ1) is 13.2. The third-order valence-corrected chi connectivity index (χ3v) is 4.01. The lowest BCUT2D eigenvalue weighted by Gasteiger charge is -2.17. The van der Waals surface area contributed by atoms with Crippen molar-refractivity contribution in [1.29, 1.82) is 0 Å². The molecule has 1 aromatic heterocycles. The highest BCUT2D eigenvalue weighted by Crippen LogP contribution is 2.31. The molecule has 1 N–H and O–H groups in total. The predicted molar refractivity (Wildman–Crippen MR) is 82.4 cm³/mol. The molecule has 2 aromatic rings. The van der Waals surface area contributed by atoms with Gasteiger partial charge in [-0.15, -0.1) is 11.3 Å². The van der Waals surface area contributed by atoms with Crippen molar-refractivity contribution in [2.75, 3.05) is 5.32 Å². The molecule has 1 atom stereocenters. The Balaban J connectivity index is 2.13. The normalized spacial score (nSPS) is 12.3. The third kappa shape index (κ3) is 3.36. The first-order valence-electron chi connectivity index (χ1n) is 6.70. The van der Waals surface area contributed by atoms with Gasteiger partial charge >= 0.3 is 0 Å². The summed E-state index contributed by atoms with van der Waals surface area (Å²) in [6.45, 7) is 4.51. The minimum absolute atomic E-state index is 0.533. The van der Waals surface area contributed by atoms with Gasteiger partial charge in [-0.2, -0.15) is 0 Å². The van der Waals surface area contributed by atoms with E-state index in [2.05, 4.69) is 60.9 Å². The molecule has 0 aliphatic rings. The van der Waals surface area contributed by atoms with E-state index in [-0.39, 0.29) is 0 Å². The molecular formula is C16H21NS. The van der Waals surface area contributed by atoms with Crippen LogP contribution in [0.1, 0.15) is 33.1 Å². The van der Waals surface area contributed by atoms with Crippen molar-refractivity contribution < 1.29 is 0 Å². The number of para-hydroxylation sites is 1. The topological polar surface area (TPSA) is 12.0 Å². The van der Waals surface area contributed by atoms with Gasteiger partial charge in [0.1, 0.15) is 0 Å².